The Labute approximate surface area is 61.3 Å². The maximum atomic E-state index is 5.78. The summed E-state index contributed by atoms with van der Waals surface area (Å²) in [6.45, 7) is 4.04. The summed E-state index contributed by atoms with van der Waals surface area (Å²) < 4.78 is 4.99. The summed E-state index contributed by atoms with van der Waals surface area (Å²) in [6.07, 6.45) is 0.767. The van der Waals surface area contributed by atoms with Crippen LogP contribution in [-0.4, -0.2) is 24.6 Å². The lowest BCUT2D eigenvalue weighted by Crippen LogP contribution is -2.37. The molecule has 0 fully saturated rings. The third-order valence-electron chi connectivity index (χ3n) is 1.95. The van der Waals surface area contributed by atoms with Crippen molar-refractivity contribution >= 4 is 5.90 Å². The molecule has 1 atom stereocenters. The molecule has 1 rings (SSSR count). The summed E-state index contributed by atoms with van der Waals surface area (Å²) >= 11 is 0. The highest BCUT2D eigenvalue weighted by Gasteiger charge is 2.33. The van der Waals surface area contributed by atoms with E-state index in [-0.39, 0.29) is 11.6 Å². The number of nitrogens with two attached hydrogens (primary N) is 1. The van der Waals surface area contributed by atoms with Crippen molar-refractivity contribution in [3.63, 3.8) is 0 Å². The molecule has 1 heterocycles. The van der Waals surface area contributed by atoms with Gasteiger partial charge in [0.15, 0.2) is 5.90 Å². The van der Waals surface area contributed by atoms with E-state index in [1.165, 1.54) is 0 Å². The summed E-state index contributed by atoms with van der Waals surface area (Å²) in [7, 11) is 1.63. The molecule has 0 radical (unpaired) electrons. The van der Waals surface area contributed by atoms with Crippen LogP contribution in [-0.2, 0) is 4.74 Å². The summed E-state index contributed by atoms with van der Waals surface area (Å²) in [4.78, 5) is 4.29. The molecule has 1 aliphatic rings. The molecule has 3 nitrogen and oxygen atoms in total. The van der Waals surface area contributed by atoms with Gasteiger partial charge in [0.2, 0.25) is 0 Å². The van der Waals surface area contributed by atoms with Crippen LogP contribution < -0.4 is 5.73 Å². The summed E-state index contributed by atoms with van der Waals surface area (Å²) in [5.74, 6) is 0.775. The first kappa shape index (κ1) is 7.54. The second-order valence-electron chi connectivity index (χ2n) is 3.17. The van der Waals surface area contributed by atoms with Gasteiger partial charge in [0.25, 0.3) is 0 Å². The van der Waals surface area contributed by atoms with Crippen LogP contribution in [0.4, 0.5) is 0 Å². The summed E-state index contributed by atoms with van der Waals surface area (Å²) in [5, 5.41) is 0. The molecule has 0 aromatic rings. The topological polar surface area (TPSA) is 47.6 Å². The van der Waals surface area contributed by atoms with Crippen LogP contribution in [0.2, 0.25) is 0 Å². The van der Waals surface area contributed by atoms with Crippen LogP contribution in [0.5, 0.6) is 0 Å². The zero-order valence-corrected chi connectivity index (χ0v) is 6.72. The van der Waals surface area contributed by atoms with E-state index in [0.29, 0.717) is 0 Å². The molecule has 10 heavy (non-hydrogen) atoms. The molecule has 3 heteroatoms. The van der Waals surface area contributed by atoms with Gasteiger partial charge in [0.05, 0.1) is 12.6 Å². The Morgan fingerprint density at radius 2 is 2.30 bits per heavy atom. The van der Waals surface area contributed by atoms with E-state index in [1.807, 2.05) is 13.8 Å². The molecular weight excluding hydrogens is 128 g/mol. The van der Waals surface area contributed by atoms with E-state index in [2.05, 4.69) is 4.99 Å². The normalized spacial score (nSPS) is 30.0. The second-order valence-corrected chi connectivity index (χ2v) is 3.17. The van der Waals surface area contributed by atoms with Gasteiger partial charge in [-0.05, 0) is 13.8 Å². The molecule has 0 aliphatic carbocycles. The Hall–Kier alpha value is -0.570. The van der Waals surface area contributed by atoms with Crippen molar-refractivity contribution < 1.29 is 4.74 Å². The lowest BCUT2D eigenvalue weighted by Gasteiger charge is -2.18. The standard InChI is InChI=1S/C7H14N2O/c1-7(2)5(8)4-6(9-7)10-3/h5H,4,8H2,1-3H3/t5-/m1/s1. The highest BCUT2D eigenvalue weighted by Crippen LogP contribution is 2.23. The van der Waals surface area contributed by atoms with Gasteiger partial charge in [0, 0.05) is 12.5 Å². The number of nitrogens with zero attached hydrogens (tertiary/aromatic N) is 1. The number of hydrogen-bond acceptors (Lipinski definition) is 3. The second kappa shape index (κ2) is 2.23. The minimum atomic E-state index is -0.134. The fourth-order valence-corrected chi connectivity index (χ4v) is 1.02. The van der Waals surface area contributed by atoms with Crippen molar-refractivity contribution in [3.05, 3.63) is 0 Å². The first-order valence-corrected chi connectivity index (χ1v) is 3.44. The van der Waals surface area contributed by atoms with Gasteiger partial charge in [-0.15, -0.1) is 0 Å². The first-order chi connectivity index (χ1) is 4.56. The molecular formula is C7H14N2O. The van der Waals surface area contributed by atoms with Crippen molar-refractivity contribution in [2.75, 3.05) is 7.11 Å². The zero-order valence-electron chi connectivity index (χ0n) is 6.72. The SMILES string of the molecule is COC1=NC(C)(C)[C@H](N)C1. The van der Waals surface area contributed by atoms with E-state index in [1.54, 1.807) is 7.11 Å². The molecule has 58 valence electrons. The summed E-state index contributed by atoms with van der Waals surface area (Å²) in [5.41, 5.74) is 5.65. The van der Waals surface area contributed by atoms with Crippen LogP contribution in [0.3, 0.4) is 0 Å². The van der Waals surface area contributed by atoms with Crippen LogP contribution >= 0.6 is 0 Å². The number of methoxy groups -OCH3 is 1. The fourth-order valence-electron chi connectivity index (χ4n) is 1.02. The maximum absolute atomic E-state index is 5.78. The van der Waals surface area contributed by atoms with Gasteiger partial charge in [-0.25, -0.2) is 4.99 Å². The van der Waals surface area contributed by atoms with Crippen LogP contribution in [0.1, 0.15) is 20.3 Å². The molecule has 0 saturated heterocycles. The van der Waals surface area contributed by atoms with E-state index in [9.17, 15) is 0 Å². The highest BCUT2D eigenvalue weighted by molar-refractivity contribution is 5.79. The van der Waals surface area contributed by atoms with E-state index in [0.717, 1.165) is 12.3 Å². The molecule has 0 saturated carbocycles. The molecule has 0 aromatic carbocycles. The first-order valence-electron chi connectivity index (χ1n) is 3.44. The lowest BCUT2D eigenvalue weighted by molar-refractivity contribution is 0.393. The van der Waals surface area contributed by atoms with Gasteiger partial charge in [0.1, 0.15) is 0 Å². The Morgan fingerprint density at radius 1 is 1.70 bits per heavy atom. The predicted molar refractivity (Wildman–Crippen MR) is 41.1 cm³/mol. The quantitative estimate of drug-likeness (QED) is 0.536. The molecule has 2 N–H and O–H groups in total. The largest absolute Gasteiger partial charge is 0.484 e. The average Bonchev–Trinajstić information content (AvgIpc) is 2.08. The van der Waals surface area contributed by atoms with Crippen molar-refractivity contribution in [2.45, 2.75) is 31.8 Å². The van der Waals surface area contributed by atoms with Gasteiger partial charge < -0.3 is 10.5 Å². The Morgan fingerprint density at radius 3 is 2.50 bits per heavy atom. The molecule has 0 aromatic heterocycles. The predicted octanol–water partition coefficient (Wildman–Crippen LogP) is 0.541. The van der Waals surface area contributed by atoms with Crippen molar-refractivity contribution in [1.29, 1.82) is 0 Å². The Kier molecular flexibility index (Phi) is 1.68. The van der Waals surface area contributed by atoms with Gasteiger partial charge in [-0.2, -0.15) is 0 Å². The summed E-state index contributed by atoms with van der Waals surface area (Å²) in [6, 6.07) is 0.113. The Balaban J connectivity index is 2.71. The highest BCUT2D eigenvalue weighted by atomic mass is 16.5. The van der Waals surface area contributed by atoms with Crippen LogP contribution in [0.25, 0.3) is 0 Å². The number of rotatable bonds is 0. The molecule has 1 aliphatic heterocycles. The zero-order chi connectivity index (χ0) is 7.78. The maximum Gasteiger partial charge on any atom is 0.185 e. The van der Waals surface area contributed by atoms with Crippen LogP contribution in [0, 0.1) is 0 Å². The number of ether oxygens (including phenoxy) is 1. The minimum Gasteiger partial charge on any atom is -0.484 e. The van der Waals surface area contributed by atoms with Crippen LogP contribution in [0.15, 0.2) is 4.99 Å². The number of hydrogen-bond donors (Lipinski definition) is 1. The smallest absolute Gasteiger partial charge is 0.185 e. The third kappa shape index (κ3) is 1.14. The fraction of sp³-hybridized carbons (Fsp3) is 0.857. The average molecular weight is 142 g/mol. The van der Waals surface area contributed by atoms with Gasteiger partial charge in [-0.3, -0.25) is 0 Å². The van der Waals surface area contributed by atoms with Crippen molar-refractivity contribution in [1.82, 2.24) is 0 Å². The van der Waals surface area contributed by atoms with E-state index >= 15 is 0 Å². The third-order valence-corrected chi connectivity index (χ3v) is 1.95. The molecule has 0 unspecified atom stereocenters. The Bertz CT molecular complexity index is 163. The minimum absolute atomic E-state index is 0.113. The number of aliphatic imine (C=N–C) groups is 1. The van der Waals surface area contributed by atoms with Gasteiger partial charge in [-0.1, -0.05) is 0 Å². The van der Waals surface area contributed by atoms with E-state index in [4.69, 9.17) is 10.5 Å². The lowest BCUT2D eigenvalue weighted by atomic mass is 9.97. The molecule has 0 bridgehead atoms. The van der Waals surface area contributed by atoms with Gasteiger partial charge >= 0.3 is 0 Å². The van der Waals surface area contributed by atoms with Crippen molar-refractivity contribution in [3.8, 4) is 0 Å². The molecule has 0 spiro atoms. The molecule has 0 amide bonds. The van der Waals surface area contributed by atoms with Crippen molar-refractivity contribution in [2.24, 2.45) is 10.7 Å². The van der Waals surface area contributed by atoms with E-state index < -0.39 is 0 Å². The monoisotopic (exact) mass is 142 g/mol.